The van der Waals surface area contributed by atoms with Gasteiger partial charge in [0.1, 0.15) is 11.7 Å². The third-order valence-electron chi connectivity index (χ3n) is 2.66. The van der Waals surface area contributed by atoms with Crippen molar-refractivity contribution in [1.82, 2.24) is 15.2 Å². The minimum absolute atomic E-state index is 0.00841. The summed E-state index contributed by atoms with van der Waals surface area (Å²) in [5.41, 5.74) is 0.187. The van der Waals surface area contributed by atoms with Crippen LogP contribution in [0.1, 0.15) is 16.9 Å². The average Bonchev–Trinajstić information content (AvgIpc) is 2.57. The number of imide groups is 1. The molecule has 1 atom stereocenters. The van der Waals surface area contributed by atoms with Gasteiger partial charge in [0.15, 0.2) is 0 Å². The van der Waals surface area contributed by atoms with Gasteiger partial charge in [-0.15, -0.1) is 0 Å². The Kier molecular flexibility index (Phi) is 3.42. The van der Waals surface area contributed by atoms with Crippen LogP contribution >= 0.6 is 15.9 Å². The predicted molar refractivity (Wildman–Crippen MR) is 65.6 cm³/mol. The van der Waals surface area contributed by atoms with Crippen molar-refractivity contribution in [3.05, 3.63) is 28.5 Å². The highest BCUT2D eigenvalue weighted by Crippen LogP contribution is 2.15. The van der Waals surface area contributed by atoms with Crippen molar-refractivity contribution in [2.24, 2.45) is 0 Å². The number of halogens is 1. The Labute approximate surface area is 111 Å². The van der Waals surface area contributed by atoms with E-state index in [0.717, 1.165) is 4.90 Å². The number of aromatic nitrogens is 1. The normalized spacial score (nSPS) is 19.2. The fraction of sp³-hybridized carbons (Fsp3) is 0.273. The molecule has 18 heavy (non-hydrogen) atoms. The molecule has 1 aromatic rings. The lowest BCUT2D eigenvalue weighted by atomic mass is 10.2. The molecule has 1 fully saturated rings. The molecule has 2 rings (SSSR count). The lowest BCUT2D eigenvalue weighted by Gasteiger charge is -2.11. The quantitative estimate of drug-likeness (QED) is 0.798. The Morgan fingerprint density at radius 2 is 2.28 bits per heavy atom. The van der Waals surface area contributed by atoms with Crippen LogP contribution in [0, 0.1) is 0 Å². The van der Waals surface area contributed by atoms with Crippen molar-refractivity contribution in [3.63, 3.8) is 0 Å². The summed E-state index contributed by atoms with van der Waals surface area (Å²) in [6.07, 6.45) is 1.47. The number of rotatable bonds is 2. The number of amides is 3. The number of carbonyl (C=O) groups is 3. The minimum atomic E-state index is -0.802. The van der Waals surface area contributed by atoms with E-state index in [1.807, 2.05) is 0 Å². The second kappa shape index (κ2) is 4.85. The summed E-state index contributed by atoms with van der Waals surface area (Å²) in [6, 6.07) is 2.55. The molecule has 2 heterocycles. The molecule has 1 aliphatic heterocycles. The van der Waals surface area contributed by atoms with Crippen molar-refractivity contribution < 1.29 is 14.4 Å². The SMILES string of the molecule is CN1C(=O)CC(NC(=O)c2ncccc2Br)C1=O. The van der Waals surface area contributed by atoms with Crippen molar-refractivity contribution in [2.75, 3.05) is 7.05 Å². The molecular weight excluding hydrogens is 302 g/mol. The highest BCUT2D eigenvalue weighted by molar-refractivity contribution is 9.10. The van der Waals surface area contributed by atoms with Crippen molar-refractivity contribution in [2.45, 2.75) is 12.5 Å². The number of likely N-dealkylation sites (N-methyl/N-ethyl adjacent to an activating group) is 1. The molecule has 0 spiro atoms. The van der Waals surface area contributed by atoms with Gasteiger partial charge >= 0.3 is 0 Å². The van der Waals surface area contributed by atoms with Gasteiger partial charge in [-0.05, 0) is 28.1 Å². The number of hydrogen-bond acceptors (Lipinski definition) is 4. The Morgan fingerprint density at radius 1 is 1.56 bits per heavy atom. The Bertz CT molecular complexity index is 532. The highest BCUT2D eigenvalue weighted by atomic mass is 79.9. The first-order valence-corrected chi connectivity index (χ1v) is 6.02. The topological polar surface area (TPSA) is 79.4 Å². The van der Waals surface area contributed by atoms with Crippen molar-refractivity contribution in [3.8, 4) is 0 Å². The van der Waals surface area contributed by atoms with Gasteiger partial charge in [0.2, 0.25) is 5.91 Å². The Hall–Kier alpha value is -1.76. The molecular formula is C11H10BrN3O3. The minimum Gasteiger partial charge on any atom is -0.338 e. The summed E-state index contributed by atoms with van der Waals surface area (Å²) in [7, 11) is 1.40. The average molecular weight is 312 g/mol. The first-order valence-electron chi connectivity index (χ1n) is 5.22. The Balaban J connectivity index is 2.12. The molecule has 0 bridgehead atoms. The Morgan fingerprint density at radius 3 is 2.83 bits per heavy atom. The van der Waals surface area contributed by atoms with Crippen LogP contribution in [-0.4, -0.2) is 40.7 Å². The second-order valence-electron chi connectivity index (χ2n) is 3.85. The zero-order valence-electron chi connectivity index (χ0n) is 9.51. The van der Waals surface area contributed by atoms with Gasteiger partial charge in [-0.25, -0.2) is 4.98 Å². The molecule has 3 amide bonds. The fourth-order valence-electron chi connectivity index (χ4n) is 1.65. The van der Waals surface area contributed by atoms with Crippen LogP contribution in [-0.2, 0) is 9.59 Å². The predicted octanol–water partition coefficient (Wildman–Crippen LogP) is 0.331. The number of likely N-dealkylation sites (tertiary alicyclic amines) is 1. The lowest BCUT2D eigenvalue weighted by molar-refractivity contribution is -0.137. The van der Waals surface area contributed by atoms with Gasteiger partial charge in [0.25, 0.3) is 11.8 Å². The van der Waals surface area contributed by atoms with Crippen LogP contribution in [0.2, 0.25) is 0 Å². The van der Waals surface area contributed by atoms with Crippen LogP contribution in [0.25, 0.3) is 0 Å². The molecule has 0 aliphatic carbocycles. The number of carbonyl (C=O) groups excluding carboxylic acids is 3. The molecule has 0 aromatic carbocycles. The maximum Gasteiger partial charge on any atom is 0.271 e. The van der Waals surface area contributed by atoms with Gasteiger partial charge in [0, 0.05) is 17.7 Å². The molecule has 94 valence electrons. The standard InChI is InChI=1S/C11H10BrN3O3/c1-15-8(16)5-7(11(15)18)14-10(17)9-6(12)3-2-4-13-9/h2-4,7H,5H2,1H3,(H,14,17). The number of hydrogen-bond donors (Lipinski definition) is 1. The van der Waals surface area contributed by atoms with E-state index >= 15 is 0 Å². The van der Waals surface area contributed by atoms with E-state index in [9.17, 15) is 14.4 Å². The molecule has 0 saturated carbocycles. The molecule has 7 heteroatoms. The molecule has 0 radical (unpaired) electrons. The van der Waals surface area contributed by atoms with Gasteiger partial charge in [0.05, 0.1) is 6.42 Å². The van der Waals surface area contributed by atoms with Crippen molar-refractivity contribution >= 4 is 33.7 Å². The number of nitrogens with one attached hydrogen (secondary N) is 1. The summed E-state index contributed by atoms with van der Waals surface area (Å²) in [6.45, 7) is 0. The lowest BCUT2D eigenvalue weighted by Crippen LogP contribution is -2.41. The largest absolute Gasteiger partial charge is 0.338 e. The van der Waals surface area contributed by atoms with Gasteiger partial charge in [-0.3, -0.25) is 19.3 Å². The fourth-order valence-corrected chi connectivity index (χ4v) is 2.08. The van der Waals surface area contributed by atoms with E-state index in [4.69, 9.17) is 0 Å². The molecule has 6 nitrogen and oxygen atoms in total. The van der Waals surface area contributed by atoms with E-state index in [1.54, 1.807) is 12.1 Å². The third kappa shape index (κ3) is 2.26. The monoisotopic (exact) mass is 311 g/mol. The molecule has 1 unspecified atom stereocenters. The summed E-state index contributed by atoms with van der Waals surface area (Å²) in [4.78, 5) is 39.8. The zero-order chi connectivity index (χ0) is 13.3. The molecule has 1 N–H and O–H groups in total. The van der Waals surface area contributed by atoms with E-state index in [-0.39, 0.29) is 18.0 Å². The molecule has 1 saturated heterocycles. The molecule has 1 aliphatic rings. The highest BCUT2D eigenvalue weighted by Gasteiger charge is 2.37. The van der Waals surface area contributed by atoms with Gasteiger partial charge in [-0.2, -0.15) is 0 Å². The van der Waals surface area contributed by atoms with E-state index < -0.39 is 17.9 Å². The second-order valence-corrected chi connectivity index (χ2v) is 4.71. The molecule has 1 aromatic heterocycles. The van der Waals surface area contributed by atoms with Crippen LogP contribution in [0.5, 0.6) is 0 Å². The summed E-state index contributed by atoms with van der Waals surface area (Å²) in [5.74, 6) is -1.19. The van der Waals surface area contributed by atoms with Crippen LogP contribution in [0.15, 0.2) is 22.8 Å². The van der Waals surface area contributed by atoms with Crippen LogP contribution < -0.4 is 5.32 Å². The summed E-state index contributed by atoms with van der Waals surface area (Å²) < 4.78 is 0.535. The van der Waals surface area contributed by atoms with E-state index in [2.05, 4.69) is 26.2 Å². The summed E-state index contributed by atoms with van der Waals surface area (Å²) >= 11 is 3.20. The van der Waals surface area contributed by atoms with E-state index in [0.29, 0.717) is 4.47 Å². The smallest absolute Gasteiger partial charge is 0.271 e. The van der Waals surface area contributed by atoms with E-state index in [1.165, 1.54) is 13.2 Å². The number of nitrogens with zero attached hydrogens (tertiary/aromatic N) is 2. The van der Waals surface area contributed by atoms with Crippen molar-refractivity contribution in [1.29, 1.82) is 0 Å². The van der Waals surface area contributed by atoms with Gasteiger partial charge in [-0.1, -0.05) is 0 Å². The van der Waals surface area contributed by atoms with Crippen LogP contribution in [0.3, 0.4) is 0 Å². The number of pyridine rings is 1. The first-order chi connectivity index (χ1) is 8.50. The van der Waals surface area contributed by atoms with Gasteiger partial charge < -0.3 is 5.32 Å². The first kappa shape index (κ1) is 12.7. The summed E-state index contributed by atoms with van der Waals surface area (Å²) in [5, 5.41) is 2.50. The van der Waals surface area contributed by atoms with Crippen LogP contribution in [0.4, 0.5) is 0 Å². The third-order valence-corrected chi connectivity index (χ3v) is 3.30. The maximum absolute atomic E-state index is 11.9. The maximum atomic E-state index is 11.9. The zero-order valence-corrected chi connectivity index (χ0v) is 11.1.